The minimum absolute atomic E-state index is 0.0825. The zero-order valence-electron chi connectivity index (χ0n) is 15.5. The minimum Gasteiger partial charge on any atom is -0.497 e. The van der Waals surface area contributed by atoms with Gasteiger partial charge in [0, 0.05) is 17.5 Å². The first kappa shape index (κ1) is 18.8. The quantitative estimate of drug-likeness (QED) is 0.707. The summed E-state index contributed by atoms with van der Waals surface area (Å²) < 4.78 is 36.7. The maximum atomic E-state index is 12.6. The first-order chi connectivity index (χ1) is 12.8. The molecule has 7 nitrogen and oxygen atoms in total. The number of hydrogen-bond donors (Lipinski definition) is 1. The summed E-state index contributed by atoms with van der Waals surface area (Å²) in [4.78, 5) is 0. The molecule has 0 amide bonds. The SMILES string of the molecule is COc1ccc(OC(F)F)c(CNc2ccc3nnc(C(C)(C)C)n3n2)c1. The van der Waals surface area contributed by atoms with Crippen molar-refractivity contribution in [3.8, 4) is 11.5 Å². The molecule has 0 spiro atoms. The summed E-state index contributed by atoms with van der Waals surface area (Å²) in [7, 11) is 1.51. The van der Waals surface area contributed by atoms with Gasteiger partial charge in [-0.15, -0.1) is 15.3 Å². The van der Waals surface area contributed by atoms with E-state index >= 15 is 0 Å². The van der Waals surface area contributed by atoms with Crippen LogP contribution >= 0.6 is 0 Å². The lowest BCUT2D eigenvalue weighted by molar-refractivity contribution is -0.0504. The fraction of sp³-hybridized carbons (Fsp3) is 0.389. The lowest BCUT2D eigenvalue weighted by Crippen LogP contribution is -2.17. The number of alkyl halides is 2. The number of rotatable bonds is 6. The molecule has 27 heavy (non-hydrogen) atoms. The lowest BCUT2D eigenvalue weighted by atomic mass is 9.96. The Morgan fingerprint density at radius 2 is 1.93 bits per heavy atom. The summed E-state index contributed by atoms with van der Waals surface area (Å²) in [5.74, 6) is 1.91. The largest absolute Gasteiger partial charge is 0.497 e. The molecule has 3 aromatic rings. The monoisotopic (exact) mass is 377 g/mol. The van der Waals surface area contributed by atoms with Crippen LogP contribution in [0.5, 0.6) is 11.5 Å². The molecule has 3 rings (SSSR count). The molecule has 0 aliphatic heterocycles. The average molecular weight is 377 g/mol. The Balaban J connectivity index is 1.86. The molecule has 0 unspecified atom stereocenters. The normalized spacial score (nSPS) is 11.8. The predicted molar refractivity (Wildman–Crippen MR) is 96.4 cm³/mol. The molecule has 0 aliphatic carbocycles. The summed E-state index contributed by atoms with van der Waals surface area (Å²) >= 11 is 0. The third-order valence-electron chi connectivity index (χ3n) is 3.88. The van der Waals surface area contributed by atoms with Gasteiger partial charge in [-0.3, -0.25) is 0 Å². The van der Waals surface area contributed by atoms with Crippen LogP contribution in [0.2, 0.25) is 0 Å². The van der Waals surface area contributed by atoms with E-state index in [0.717, 1.165) is 5.82 Å². The zero-order chi connectivity index (χ0) is 19.6. The van der Waals surface area contributed by atoms with E-state index in [9.17, 15) is 8.78 Å². The molecule has 0 atom stereocenters. The van der Waals surface area contributed by atoms with E-state index in [4.69, 9.17) is 4.74 Å². The molecule has 0 saturated carbocycles. The first-order valence-electron chi connectivity index (χ1n) is 8.36. The van der Waals surface area contributed by atoms with Crippen molar-refractivity contribution in [2.24, 2.45) is 0 Å². The van der Waals surface area contributed by atoms with Crippen LogP contribution in [0, 0.1) is 0 Å². The first-order valence-corrected chi connectivity index (χ1v) is 8.36. The van der Waals surface area contributed by atoms with E-state index in [1.807, 2.05) is 20.8 Å². The summed E-state index contributed by atoms with van der Waals surface area (Å²) in [6.07, 6.45) is 0. The molecule has 2 aromatic heterocycles. The van der Waals surface area contributed by atoms with Gasteiger partial charge in [0.05, 0.1) is 7.11 Å². The van der Waals surface area contributed by atoms with Gasteiger partial charge in [-0.05, 0) is 30.3 Å². The van der Waals surface area contributed by atoms with Crippen LogP contribution in [-0.4, -0.2) is 33.5 Å². The summed E-state index contributed by atoms with van der Waals surface area (Å²) in [5.41, 5.74) is 0.931. The van der Waals surface area contributed by atoms with Crippen LogP contribution in [-0.2, 0) is 12.0 Å². The average Bonchev–Trinajstić information content (AvgIpc) is 3.04. The summed E-state index contributed by atoms with van der Waals surface area (Å²) in [6.45, 7) is 3.39. The highest BCUT2D eigenvalue weighted by atomic mass is 19.3. The fourth-order valence-electron chi connectivity index (χ4n) is 2.57. The topological polar surface area (TPSA) is 73.6 Å². The number of ether oxygens (including phenoxy) is 2. The molecule has 1 aromatic carbocycles. The molecule has 1 N–H and O–H groups in total. The molecular weight excluding hydrogens is 356 g/mol. The zero-order valence-corrected chi connectivity index (χ0v) is 15.5. The lowest BCUT2D eigenvalue weighted by Gasteiger charge is -2.16. The number of anilines is 1. The van der Waals surface area contributed by atoms with Gasteiger partial charge in [-0.1, -0.05) is 20.8 Å². The molecule has 0 radical (unpaired) electrons. The Bertz CT molecular complexity index is 937. The minimum atomic E-state index is -2.90. The van der Waals surface area contributed by atoms with E-state index in [2.05, 4.69) is 25.3 Å². The molecule has 2 heterocycles. The Hall–Kier alpha value is -2.97. The van der Waals surface area contributed by atoms with Crippen molar-refractivity contribution in [3.63, 3.8) is 0 Å². The number of fused-ring (bicyclic) bond motifs is 1. The van der Waals surface area contributed by atoms with Crippen LogP contribution < -0.4 is 14.8 Å². The van der Waals surface area contributed by atoms with Crippen LogP contribution in [0.1, 0.15) is 32.2 Å². The summed E-state index contributed by atoms with van der Waals surface area (Å²) in [5, 5.41) is 15.9. The maximum Gasteiger partial charge on any atom is 0.387 e. The van der Waals surface area contributed by atoms with Crippen molar-refractivity contribution in [2.45, 2.75) is 39.3 Å². The number of methoxy groups -OCH3 is 1. The van der Waals surface area contributed by atoms with Gasteiger partial charge in [0.2, 0.25) is 0 Å². The maximum absolute atomic E-state index is 12.6. The fourth-order valence-corrected chi connectivity index (χ4v) is 2.57. The van der Waals surface area contributed by atoms with Crippen molar-refractivity contribution in [3.05, 3.63) is 41.7 Å². The number of benzene rings is 1. The smallest absolute Gasteiger partial charge is 0.387 e. The third-order valence-corrected chi connectivity index (χ3v) is 3.88. The van der Waals surface area contributed by atoms with Crippen molar-refractivity contribution in [1.29, 1.82) is 0 Å². The van der Waals surface area contributed by atoms with Gasteiger partial charge in [-0.25, -0.2) is 0 Å². The second kappa shape index (κ2) is 7.34. The Labute approximate surface area is 155 Å². The second-order valence-corrected chi connectivity index (χ2v) is 6.97. The Morgan fingerprint density at radius 3 is 2.59 bits per heavy atom. The Morgan fingerprint density at radius 1 is 1.15 bits per heavy atom. The molecule has 0 aliphatic rings. The van der Waals surface area contributed by atoms with Crippen molar-refractivity contribution >= 4 is 11.5 Å². The molecule has 0 saturated heterocycles. The number of halogens is 2. The van der Waals surface area contributed by atoms with Crippen LogP contribution in [0.25, 0.3) is 5.65 Å². The van der Waals surface area contributed by atoms with Gasteiger partial charge >= 0.3 is 6.61 Å². The molecule has 144 valence electrons. The van der Waals surface area contributed by atoms with Gasteiger partial charge in [-0.2, -0.15) is 13.3 Å². The van der Waals surface area contributed by atoms with Crippen LogP contribution in [0.15, 0.2) is 30.3 Å². The predicted octanol–water partition coefficient (Wildman–Crippen LogP) is 3.64. The van der Waals surface area contributed by atoms with E-state index in [1.54, 1.807) is 28.8 Å². The molecule has 0 fully saturated rings. The highest BCUT2D eigenvalue weighted by molar-refractivity contribution is 5.47. The number of aromatic nitrogens is 4. The van der Waals surface area contributed by atoms with Crippen molar-refractivity contribution in [1.82, 2.24) is 19.8 Å². The van der Waals surface area contributed by atoms with Gasteiger partial charge < -0.3 is 14.8 Å². The van der Waals surface area contributed by atoms with E-state index in [1.165, 1.54) is 13.2 Å². The Kier molecular flexibility index (Phi) is 5.11. The van der Waals surface area contributed by atoms with E-state index < -0.39 is 6.61 Å². The molecule has 0 bridgehead atoms. The molecular formula is C18H21F2N5O2. The highest BCUT2D eigenvalue weighted by Crippen LogP contribution is 2.27. The van der Waals surface area contributed by atoms with Crippen LogP contribution in [0.3, 0.4) is 0 Å². The number of nitrogens with one attached hydrogen (secondary N) is 1. The van der Waals surface area contributed by atoms with Gasteiger partial charge in [0.25, 0.3) is 0 Å². The van der Waals surface area contributed by atoms with Crippen LogP contribution in [0.4, 0.5) is 14.6 Å². The highest BCUT2D eigenvalue weighted by Gasteiger charge is 2.22. The number of hydrogen-bond acceptors (Lipinski definition) is 6. The second-order valence-electron chi connectivity index (χ2n) is 6.97. The third kappa shape index (κ3) is 4.24. The standard InChI is InChI=1S/C18H21F2N5O2/c1-18(2,3)16-23-22-15-8-7-14(24-25(15)16)21-10-11-9-12(26-4)5-6-13(11)27-17(19)20/h5-9,17H,10H2,1-4H3,(H,21,24). The van der Waals surface area contributed by atoms with Crippen molar-refractivity contribution < 1.29 is 18.3 Å². The molecule has 9 heteroatoms. The number of nitrogens with zero attached hydrogens (tertiary/aromatic N) is 4. The van der Waals surface area contributed by atoms with Crippen molar-refractivity contribution in [2.75, 3.05) is 12.4 Å². The van der Waals surface area contributed by atoms with Gasteiger partial charge in [0.1, 0.15) is 17.3 Å². The van der Waals surface area contributed by atoms with E-state index in [-0.39, 0.29) is 17.7 Å². The van der Waals surface area contributed by atoms with Gasteiger partial charge in [0.15, 0.2) is 11.5 Å². The van der Waals surface area contributed by atoms with E-state index in [0.29, 0.717) is 22.8 Å². The summed E-state index contributed by atoms with van der Waals surface area (Å²) in [6, 6.07) is 8.21.